The number of nitrogens with zero attached hydrogens (tertiary/aromatic N) is 3. The van der Waals surface area contributed by atoms with E-state index in [1.165, 1.54) is 31.2 Å². The van der Waals surface area contributed by atoms with Gasteiger partial charge in [-0.3, -0.25) is 4.99 Å². The predicted molar refractivity (Wildman–Crippen MR) is 106 cm³/mol. The number of hydrogen-bond donors (Lipinski definition) is 0. The van der Waals surface area contributed by atoms with Crippen molar-refractivity contribution in [3.05, 3.63) is 23.8 Å². The van der Waals surface area contributed by atoms with Crippen LogP contribution < -0.4 is 9.47 Å². The maximum Gasteiger partial charge on any atom is 0.231 e. The lowest BCUT2D eigenvalue weighted by atomic mass is 10.1. The average molecular weight is 385 g/mol. The van der Waals surface area contributed by atoms with E-state index in [1.807, 2.05) is 12.1 Å². The Kier molecular flexibility index (Phi) is 4.57. The van der Waals surface area contributed by atoms with Crippen LogP contribution in [0.15, 0.2) is 28.2 Å². The lowest BCUT2D eigenvalue weighted by Crippen LogP contribution is -2.39. The summed E-state index contributed by atoms with van der Waals surface area (Å²) in [4.78, 5) is 12.2. The summed E-state index contributed by atoms with van der Waals surface area (Å²) in [5.41, 5.74) is 2.21. The van der Waals surface area contributed by atoms with Crippen LogP contribution in [-0.2, 0) is 11.3 Å². The third-order valence-corrected chi connectivity index (χ3v) is 6.52. The molecule has 0 bridgehead atoms. The van der Waals surface area contributed by atoms with E-state index in [-0.39, 0.29) is 6.79 Å². The molecule has 1 aromatic carbocycles. The van der Waals surface area contributed by atoms with Gasteiger partial charge in [0, 0.05) is 36.7 Å². The van der Waals surface area contributed by atoms with Crippen molar-refractivity contribution in [1.82, 2.24) is 9.88 Å². The maximum atomic E-state index is 5.53. The van der Waals surface area contributed by atoms with Crippen LogP contribution in [0.3, 0.4) is 0 Å². The van der Waals surface area contributed by atoms with Crippen LogP contribution in [0.25, 0.3) is 10.9 Å². The minimum atomic E-state index is 0.284. The highest BCUT2D eigenvalue weighted by Gasteiger charge is 2.31. The summed E-state index contributed by atoms with van der Waals surface area (Å²) in [5.74, 6) is 1.58. The zero-order chi connectivity index (χ0) is 18.2. The Morgan fingerprint density at radius 1 is 1.22 bits per heavy atom. The molecule has 0 N–H and O–H groups in total. The summed E-state index contributed by atoms with van der Waals surface area (Å²) < 4.78 is 16.2. The molecule has 0 unspecified atom stereocenters. The second-order valence-electron chi connectivity index (χ2n) is 7.18. The van der Waals surface area contributed by atoms with Gasteiger partial charge < -0.3 is 19.1 Å². The SMILES string of the molecule is COCCN=C1Sc2nc3cc4c(cc3cc2CN1C1CCCC1)OCO4. The molecule has 142 valence electrons. The number of aliphatic imine (C=N–C) groups is 1. The second-order valence-corrected chi connectivity index (χ2v) is 8.13. The molecule has 0 saturated heterocycles. The number of hydrogen-bond acceptors (Lipinski definition) is 6. The molecule has 7 heteroatoms. The zero-order valence-corrected chi connectivity index (χ0v) is 16.3. The summed E-state index contributed by atoms with van der Waals surface area (Å²) in [7, 11) is 1.72. The molecule has 3 heterocycles. The fourth-order valence-corrected chi connectivity index (χ4v) is 5.10. The van der Waals surface area contributed by atoms with Crippen molar-refractivity contribution in [2.24, 2.45) is 4.99 Å². The molecule has 0 atom stereocenters. The van der Waals surface area contributed by atoms with Gasteiger partial charge in [-0.1, -0.05) is 12.8 Å². The van der Waals surface area contributed by atoms with Gasteiger partial charge in [0.1, 0.15) is 5.03 Å². The van der Waals surface area contributed by atoms with Gasteiger partial charge in [0.15, 0.2) is 16.7 Å². The Balaban J connectivity index is 1.52. The Hall–Kier alpha value is -1.99. The summed E-state index contributed by atoms with van der Waals surface area (Å²) in [6, 6.07) is 6.85. The van der Waals surface area contributed by atoms with Crippen LogP contribution in [0.4, 0.5) is 0 Å². The lowest BCUT2D eigenvalue weighted by Gasteiger charge is -2.35. The Labute approximate surface area is 162 Å². The highest BCUT2D eigenvalue weighted by Crippen LogP contribution is 2.40. The maximum absolute atomic E-state index is 5.53. The molecule has 5 rings (SSSR count). The van der Waals surface area contributed by atoms with Gasteiger partial charge in [0.05, 0.1) is 18.7 Å². The van der Waals surface area contributed by atoms with Crippen LogP contribution >= 0.6 is 11.8 Å². The average Bonchev–Trinajstić information content (AvgIpc) is 3.36. The topological polar surface area (TPSA) is 56.2 Å². The lowest BCUT2D eigenvalue weighted by molar-refractivity contribution is 0.174. The van der Waals surface area contributed by atoms with Gasteiger partial charge in [-0.25, -0.2) is 4.98 Å². The highest BCUT2D eigenvalue weighted by atomic mass is 32.2. The summed E-state index contributed by atoms with van der Waals surface area (Å²) in [5, 5.41) is 3.23. The normalized spacial score (nSPS) is 20.6. The fraction of sp³-hybridized carbons (Fsp3) is 0.500. The van der Waals surface area contributed by atoms with Crippen LogP contribution in [0.5, 0.6) is 11.5 Å². The molecule has 3 aliphatic rings. The Bertz CT molecular complexity index is 896. The molecular weight excluding hydrogens is 362 g/mol. The van der Waals surface area contributed by atoms with Crippen molar-refractivity contribution >= 4 is 27.8 Å². The van der Waals surface area contributed by atoms with Crippen LogP contribution in [0, 0.1) is 0 Å². The number of methoxy groups -OCH3 is 1. The largest absolute Gasteiger partial charge is 0.454 e. The summed E-state index contributed by atoms with van der Waals surface area (Å²) in [6.45, 7) is 2.48. The standard InChI is InChI=1S/C20H23N3O3S/c1-24-7-6-21-20-23(15-4-2-3-5-15)11-14-8-13-9-17-18(26-12-25-17)10-16(13)22-19(14)27-20/h8-10,15H,2-7,11-12H2,1H3. The molecule has 1 saturated carbocycles. The zero-order valence-electron chi connectivity index (χ0n) is 15.4. The van der Waals surface area contributed by atoms with E-state index in [4.69, 9.17) is 24.2 Å². The summed E-state index contributed by atoms with van der Waals surface area (Å²) in [6.07, 6.45) is 5.12. The molecule has 1 aromatic heterocycles. The van der Waals surface area contributed by atoms with E-state index < -0.39 is 0 Å². The predicted octanol–water partition coefficient (Wildman–Crippen LogP) is 3.82. The van der Waals surface area contributed by atoms with Crippen molar-refractivity contribution in [1.29, 1.82) is 0 Å². The monoisotopic (exact) mass is 385 g/mol. The highest BCUT2D eigenvalue weighted by molar-refractivity contribution is 8.13. The number of rotatable bonds is 4. The Morgan fingerprint density at radius 3 is 2.85 bits per heavy atom. The number of thioether (sulfide) groups is 1. The molecule has 1 fully saturated rings. The smallest absolute Gasteiger partial charge is 0.231 e. The van der Waals surface area contributed by atoms with Crippen molar-refractivity contribution in [3.8, 4) is 11.5 Å². The van der Waals surface area contributed by atoms with E-state index in [9.17, 15) is 0 Å². The molecule has 6 nitrogen and oxygen atoms in total. The van der Waals surface area contributed by atoms with Gasteiger partial charge in [-0.05, 0) is 36.7 Å². The first kappa shape index (κ1) is 17.1. The van der Waals surface area contributed by atoms with Crippen molar-refractivity contribution in [3.63, 3.8) is 0 Å². The van der Waals surface area contributed by atoms with Gasteiger partial charge in [0.25, 0.3) is 0 Å². The molecule has 27 heavy (non-hydrogen) atoms. The van der Waals surface area contributed by atoms with E-state index in [0.29, 0.717) is 19.2 Å². The van der Waals surface area contributed by atoms with Crippen LogP contribution in [0.1, 0.15) is 31.2 Å². The number of ether oxygens (including phenoxy) is 3. The van der Waals surface area contributed by atoms with E-state index in [1.54, 1.807) is 18.9 Å². The molecule has 2 aliphatic heterocycles. The second kappa shape index (κ2) is 7.20. The molecule has 2 aromatic rings. The van der Waals surface area contributed by atoms with E-state index in [2.05, 4.69) is 11.0 Å². The fourth-order valence-electron chi connectivity index (χ4n) is 4.04. The van der Waals surface area contributed by atoms with Crippen molar-refractivity contribution < 1.29 is 14.2 Å². The third-order valence-electron chi connectivity index (χ3n) is 5.43. The molecule has 0 amide bonds. The number of fused-ring (bicyclic) bond motifs is 3. The van der Waals surface area contributed by atoms with Gasteiger partial charge in [-0.2, -0.15) is 0 Å². The van der Waals surface area contributed by atoms with Gasteiger partial charge in [-0.15, -0.1) is 0 Å². The number of aromatic nitrogens is 1. The quantitative estimate of drug-likeness (QED) is 0.746. The Morgan fingerprint density at radius 2 is 2.04 bits per heavy atom. The van der Waals surface area contributed by atoms with Gasteiger partial charge >= 0.3 is 0 Å². The van der Waals surface area contributed by atoms with E-state index in [0.717, 1.165) is 39.1 Å². The number of amidine groups is 1. The summed E-state index contributed by atoms with van der Waals surface area (Å²) >= 11 is 1.69. The molecular formula is C20H23N3O3S. The minimum Gasteiger partial charge on any atom is -0.454 e. The first-order chi connectivity index (χ1) is 13.3. The molecule has 1 aliphatic carbocycles. The number of pyridine rings is 1. The first-order valence-electron chi connectivity index (χ1n) is 9.53. The number of benzene rings is 1. The van der Waals surface area contributed by atoms with E-state index >= 15 is 0 Å². The molecule has 0 spiro atoms. The molecule has 0 radical (unpaired) electrons. The van der Waals surface area contributed by atoms with Gasteiger partial charge in [0.2, 0.25) is 6.79 Å². The minimum absolute atomic E-state index is 0.284. The first-order valence-corrected chi connectivity index (χ1v) is 10.3. The van der Waals surface area contributed by atoms with Crippen LogP contribution in [0.2, 0.25) is 0 Å². The van der Waals surface area contributed by atoms with Crippen molar-refractivity contribution in [2.45, 2.75) is 43.3 Å². The van der Waals surface area contributed by atoms with Crippen molar-refractivity contribution in [2.75, 3.05) is 27.1 Å². The van der Waals surface area contributed by atoms with Crippen LogP contribution in [-0.4, -0.2) is 48.1 Å². The third kappa shape index (κ3) is 3.23.